The molecule has 214 valence electrons. The fourth-order valence-corrected chi connectivity index (χ4v) is 5.81. The summed E-state index contributed by atoms with van der Waals surface area (Å²) >= 11 is 0. The van der Waals surface area contributed by atoms with Crippen molar-refractivity contribution in [2.75, 3.05) is 45.6 Å². The first-order chi connectivity index (χ1) is 20.5. The van der Waals surface area contributed by atoms with E-state index in [0.717, 1.165) is 30.9 Å². The Morgan fingerprint density at radius 3 is 2.69 bits per heavy atom. The normalized spacial score (nSPS) is 18.7. The van der Waals surface area contributed by atoms with Gasteiger partial charge in [0, 0.05) is 43.9 Å². The van der Waals surface area contributed by atoms with Gasteiger partial charge in [-0.25, -0.2) is 9.97 Å². The van der Waals surface area contributed by atoms with Crippen LogP contribution in [0.3, 0.4) is 0 Å². The summed E-state index contributed by atoms with van der Waals surface area (Å²) in [6.07, 6.45) is 6.70. The molecule has 2 aromatic carbocycles. The topological polar surface area (TPSA) is 123 Å². The van der Waals surface area contributed by atoms with Crippen molar-refractivity contribution in [3.63, 3.8) is 0 Å². The van der Waals surface area contributed by atoms with E-state index in [1.54, 1.807) is 6.08 Å². The van der Waals surface area contributed by atoms with Gasteiger partial charge in [0.05, 0.1) is 18.0 Å². The Kier molecular flexibility index (Phi) is 7.86. The predicted octanol–water partition coefficient (Wildman–Crippen LogP) is 4.39. The Morgan fingerprint density at radius 2 is 1.95 bits per heavy atom. The second kappa shape index (κ2) is 12.0. The van der Waals surface area contributed by atoms with Crippen LogP contribution in [0.15, 0.2) is 73.1 Å². The van der Waals surface area contributed by atoms with Gasteiger partial charge in [-0.3, -0.25) is 9.69 Å². The van der Waals surface area contributed by atoms with Crippen LogP contribution in [0, 0.1) is 11.3 Å². The quantitative estimate of drug-likeness (QED) is 0.313. The molecule has 0 bridgehead atoms. The highest BCUT2D eigenvalue weighted by Gasteiger charge is 2.32. The van der Waals surface area contributed by atoms with Crippen molar-refractivity contribution in [1.82, 2.24) is 24.3 Å². The van der Waals surface area contributed by atoms with Gasteiger partial charge in [-0.05, 0) is 49.7 Å². The minimum absolute atomic E-state index is 0.0353. The zero-order chi connectivity index (χ0) is 29.1. The average Bonchev–Trinajstić information content (AvgIpc) is 3.78. The molecule has 2 fully saturated rings. The minimum atomic E-state index is -0.124. The lowest BCUT2D eigenvalue weighted by molar-refractivity contribution is -0.125. The number of ether oxygens (including phenoxy) is 2. The van der Waals surface area contributed by atoms with Crippen LogP contribution >= 0.6 is 0 Å². The number of hydrogen-bond acceptors (Lipinski definition) is 8. The Bertz CT molecular complexity index is 1640. The van der Waals surface area contributed by atoms with E-state index in [1.165, 1.54) is 6.33 Å². The number of benzene rings is 2. The van der Waals surface area contributed by atoms with Gasteiger partial charge in [0.2, 0.25) is 5.91 Å². The van der Waals surface area contributed by atoms with Crippen molar-refractivity contribution in [2.24, 2.45) is 0 Å². The number of nitrogens with two attached hydrogens (primary N) is 1. The molecule has 2 N–H and O–H groups in total. The maximum Gasteiger partial charge on any atom is 0.246 e. The van der Waals surface area contributed by atoms with Crippen LogP contribution in [0.5, 0.6) is 11.5 Å². The highest BCUT2D eigenvalue weighted by Crippen LogP contribution is 2.40. The lowest BCUT2D eigenvalue weighted by atomic mass is 10.0. The molecule has 0 radical (unpaired) electrons. The lowest BCUT2D eigenvalue weighted by Crippen LogP contribution is -2.32. The van der Waals surface area contributed by atoms with Crippen molar-refractivity contribution in [3.05, 3.63) is 78.8 Å². The van der Waals surface area contributed by atoms with Gasteiger partial charge in [-0.15, -0.1) is 0 Å². The number of nitrogens with zero attached hydrogens (tertiary/aromatic N) is 6. The number of amides is 1. The second-order valence-electron chi connectivity index (χ2n) is 10.7. The summed E-state index contributed by atoms with van der Waals surface area (Å²) in [4.78, 5) is 25.9. The summed E-state index contributed by atoms with van der Waals surface area (Å²) in [6, 6.07) is 19.8. The van der Waals surface area contributed by atoms with Crippen LogP contribution in [-0.2, 0) is 9.53 Å². The predicted molar refractivity (Wildman–Crippen MR) is 160 cm³/mol. The van der Waals surface area contributed by atoms with Gasteiger partial charge in [0.15, 0.2) is 0 Å². The molecule has 2 aromatic heterocycles. The maximum absolute atomic E-state index is 13.1. The Balaban J connectivity index is 1.24. The molecule has 42 heavy (non-hydrogen) atoms. The lowest BCUT2D eigenvalue weighted by Gasteiger charge is -2.21. The summed E-state index contributed by atoms with van der Waals surface area (Å²) in [6.45, 7) is 3.28. The number of nitrogen functional groups attached to an aromatic ring is 1. The molecule has 2 atom stereocenters. The minimum Gasteiger partial charge on any atom is -0.457 e. The molecule has 2 saturated heterocycles. The molecule has 10 heteroatoms. The zero-order valence-corrected chi connectivity index (χ0v) is 23.5. The molecule has 1 amide bonds. The largest absolute Gasteiger partial charge is 0.457 e. The van der Waals surface area contributed by atoms with Crippen LogP contribution in [-0.4, -0.2) is 76.2 Å². The molecule has 0 aliphatic carbocycles. The monoisotopic (exact) mass is 563 g/mol. The van der Waals surface area contributed by atoms with Crippen molar-refractivity contribution in [2.45, 2.75) is 24.9 Å². The van der Waals surface area contributed by atoms with Crippen molar-refractivity contribution in [1.29, 1.82) is 5.26 Å². The fourth-order valence-electron chi connectivity index (χ4n) is 5.81. The van der Waals surface area contributed by atoms with Gasteiger partial charge in [0.25, 0.3) is 0 Å². The number of fused-ring (bicyclic) bond motifs is 1. The number of anilines is 1. The van der Waals surface area contributed by atoms with Crippen LogP contribution in [0.1, 0.15) is 24.6 Å². The molecule has 2 aliphatic heterocycles. The van der Waals surface area contributed by atoms with Gasteiger partial charge >= 0.3 is 0 Å². The first-order valence-corrected chi connectivity index (χ1v) is 14.1. The first-order valence-electron chi connectivity index (χ1n) is 14.1. The number of nitriles is 1. The van der Waals surface area contributed by atoms with Crippen LogP contribution in [0.25, 0.3) is 22.2 Å². The third-order valence-electron chi connectivity index (χ3n) is 8.06. The van der Waals surface area contributed by atoms with Gasteiger partial charge in [-0.1, -0.05) is 36.4 Å². The number of rotatable bonds is 8. The molecule has 2 unspecified atom stereocenters. The fraction of sp³-hybridized carbons (Fsp3) is 0.312. The van der Waals surface area contributed by atoms with Gasteiger partial charge in [-0.2, -0.15) is 5.26 Å². The van der Waals surface area contributed by atoms with Crippen LogP contribution in [0.2, 0.25) is 0 Å². The first kappa shape index (κ1) is 27.4. The van der Waals surface area contributed by atoms with E-state index in [-0.39, 0.29) is 11.9 Å². The van der Waals surface area contributed by atoms with E-state index in [2.05, 4.69) is 28.0 Å². The van der Waals surface area contributed by atoms with Gasteiger partial charge in [0.1, 0.15) is 41.1 Å². The van der Waals surface area contributed by atoms with E-state index in [0.29, 0.717) is 66.0 Å². The Labute approximate surface area is 244 Å². The molecular formula is C32H33N7O3. The zero-order valence-electron chi connectivity index (χ0n) is 23.5. The van der Waals surface area contributed by atoms with Crippen LogP contribution < -0.4 is 10.5 Å². The molecule has 6 rings (SSSR count). The number of likely N-dealkylation sites (tertiary alicyclic amines) is 1. The summed E-state index contributed by atoms with van der Waals surface area (Å²) in [5, 5.41) is 11.0. The maximum atomic E-state index is 13.1. The average molecular weight is 564 g/mol. The van der Waals surface area contributed by atoms with E-state index < -0.39 is 0 Å². The van der Waals surface area contributed by atoms with Crippen molar-refractivity contribution >= 4 is 22.8 Å². The second-order valence-corrected chi connectivity index (χ2v) is 10.7. The molecular weight excluding hydrogens is 530 g/mol. The molecule has 4 aromatic rings. The van der Waals surface area contributed by atoms with Crippen molar-refractivity contribution < 1.29 is 14.3 Å². The third-order valence-corrected chi connectivity index (χ3v) is 8.06. The number of aromatic nitrogens is 3. The number of carbonyl (C=O) groups is 1. The highest BCUT2D eigenvalue weighted by atomic mass is 16.5. The third kappa shape index (κ3) is 5.44. The van der Waals surface area contributed by atoms with E-state index in [1.807, 2.05) is 70.1 Å². The Hall–Kier alpha value is -4.72. The van der Waals surface area contributed by atoms with E-state index in [9.17, 15) is 10.1 Å². The summed E-state index contributed by atoms with van der Waals surface area (Å²) in [5.41, 5.74) is 8.91. The molecule has 2 aliphatic rings. The molecule has 0 spiro atoms. The highest BCUT2D eigenvalue weighted by molar-refractivity contribution is 6.03. The van der Waals surface area contributed by atoms with E-state index >= 15 is 0 Å². The smallest absolute Gasteiger partial charge is 0.246 e. The number of carbonyl (C=O) groups excluding carboxylic acids is 1. The molecule has 4 heterocycles. The summed E-state index contributed by atoms with van der Waals surface area (Å²) in [5.74, 6) is 1.69. The van der Waals surface area contributed by atoms with Gasteiger partial charge < -0.3 is 24.7 Å². The van der Waals surface area contributed by atoms with Crippen molar-refractivity contribution in [3.8, 4) is 28.7 Å². The standard InChI is InChI=1S/C32H33N7O3/c1-37(24-14-17-41-20-24)15-5-8-28(40)38-16-13-23(19-38)39-27(18-33)29(30-31(34)35-21-36-32(30)39)22-9-11-26(12-10-22)42-25-6-3-2-4-7-25/h2-12,21,23-24H,13-17,19-20H2,1H3,(H2,34,35,36)/b8-5+. The molecule has 10 nitrogen and oxygen atoms in total. The summed E-state index contributed by atoms with van der Waals surface area (Å²) in [7, 11) is 2.05. The SMILES string of the molecule is CN(C/C=C/C(=O)N1CCC(n2c(C#N)c(-c3ccc(Oc4ccccc4)cc3)c3c(N)ncnc32)C1)C1CCOC1. The number of likely N-dealkylation sites (N-methyl/N-ethyl adjacent to an activating group) is 1. The Morgan fingerprint density at radius 1 is 1.17 bits per heavy atom. The van der Waals surface area contributed by atoms with Crippen LogP contribution in [0.4, 0.5) is 5.82 Å². The van der Waals surface area contributed by atoms with E-state index in [4.69, 9.17) is 15.2 Å². The number of hydrogen-bond donors (Lipinski definition) is 1. The number of para-hydroxylation sites is 1. The molecule has 0 saturated carbocycles. The summed E-state index contributed by atoms with van der Waals surface area (Å²) < 4.78 is 13.4.